The third-order valence-electron chi connectivity index (χ3n) is 3.73. The van der Waals surface area contributed by atoms with E-state index < -0.39 is 0 Å². The molecule has 0 atom stereocenters. The van der Waals surface area contributed by atoms with Crippen molar-refractivity contribution in [1.82, 2.24) is 9.55 Å². The van der Waals surface area contributed by atoms with Gasteiger partial charge in [-0.3, -0.25) is 4.57 Å². The predicted octanol–water partition coefficient (Wildman–Crippen LogP) is 4.49. The molecule has 1 aromatic heterocycles. The number of nitrogens with zero attached hydrogens (tertiary/aromatic N) is 2. The normalized spacial score (nSPS) is 11.2. The number of hydrogen-bond acceptors (Lipinski definition) is 1. The van der Waals surface area contributed by atoms with Gasteiger partial charge in [-0.15, -0.1) is 0 Å². The second kappa shape index (κ2) is 4.20. The summed E-state index contributed by atoms with van der Waals surface area (Å²) >= 11 is 0. The SMILES string of the molecule is Cc1ccc2c(-n3cnc4ccccc43)cccc2c1. The van der Waals surface area contributed by atoms with E-state index in [1.165, 1.54) is 22.0 Å². The standard InChI is InChI=1S/C18H14N2/c1-13-9-10-15-14(11-13)5-4-8-17(15)20-12-19-16-6-2-3-7-18(16)20/h2-12H,1H3. The number of hydrogen-bond donors (Lipinski definition) is 0. The van der Waals surface area contributed by atoms with Gasteiger partial charge in [0.15, 0.2) is 0 Å². The molecule has 0 N–H and O–H groups in total. The first kappa shape index (κ1) is 11.2. The van der Waals surface area contributed by atoms with Gasteiger partial charge in [-0.1, -0.05) is 48.0 Å². The molecule has 0 aliphatic rings. The van der Waals surface area contributed by atoms with E-state index in [1.807, 2.05) is 18.5 Å². The van der Waals surface area contributed by atoms with Crippen LogP contribution in [0.5, 0.6) is 0 Å². The largest absolute Gasteiger partial charge is 0.298 e. The van der Waals surface area contributed by atoms with Gasteiger partial charge < -0.3 is 0 Å². The van der Waals surface area contributed by atoms with E-state index in [0.717, 1.165) is 11.0 Å². The van der Waals surface area contributed by atoms with Crippen LogP contribution in [0.25, 0.3) is 27.5 Å². The number of benzene rings is 3. The Morgan fingerprint density at radius 3 is 2.75 bits per heavy atom. The van der Waals surface area contributed by atoms with Gasteiger partial charge in [-0.25, -0.2) is 4.98 Å². The number of aryl methyl sites for hydroxylation is 1. The summed E-state index contributed by atoms with van der Waals surface area (Å²) in [7, 11) is 0. The Kier molecular flexibility index (Phi) is 2.36. The van der Waals surface area contributed by atoms with Crippen LogP contribution in [0.2, 0.25) is 0 Å². The highest BCUT2D eigenvalue weighted by atomic mass is 15.0. The van der Waals surface area contributed by atoms with E-state index in [0.29, 0.717) is 0 Å². The quantitative estimate of drug-likeness (QED) is 0.492. The molecule has 0 aliphatic carbocycles. The van der Waals surface area contributed by atoms with E-state index in [9.17, 15) is 0 Å². The van der Waals surface area contributed by atoms with E-state index in [4.69, 9.17) is 0 Å². The molecule has 0 unspecified atom stereocenters. The molecule has 0 bridgehead atoms. The van der Waals surface area contributed by atoms with Crippen molar-refractivity contribution in [3.63, 3.8) is 0 Å². The second-order valence-electron chi connectivity index (χ2n) is 5.11. The number of fused-ring (bicyclic) bond motifs is 2. The molecule has 0 spiro atoms. The Labute approximate surface area is 117 Å². The van der Waals surface area contributed by atoms with Crippen LogP contribution in [0.3, 0.4) is 0 Å². The van der Waals surface area contributed by atoms with Gasteiger partial charge in [0, 0.05) is 5.39 Å². The van der Waals surface area contributed by atoms with E-state index in [2.05, 4.69) is 65.0 Å². The van der Waals surface area contributed by atoms with Crippen molar-refractivity contribution in [3.8, 4) is 5.69 Å². The molecule has 0 aliphatic heterocycles. The Bertz CT molecular complexity index is 919. The van der Waals surface area contributed by atoms with Crippen LogP contribution in [0, 0.1) is 6.92 Å². The molecule has 1 heterocycles. The van der Waals surface area contributed by atoms with Crippen LogP contribution in [0.1, 0.15) is 5.56 Å². The fraction of sp³-hybridized carbons (Fsp3) is 0.0556. The third kappa shape index (κ3) is 1.62. The van der Waals surface area contributed by atoms with Crippen LogP contribution >= 0.6 is 0 Å². The molecule has 20 heavy (non-hydrogen) atoms. The van der Waals surface area contributed by atoms with Crippen molar-refractivity contribution < 1.29 is 0 Å². The Morgan fingerprint density at radius 1 is 0.900 bits per heavy atom. The lowest BCUT2D eigenvalue weighted by molar-refractivity contribution is 1.10. The fourth-order valence-corrected chi connectivity index (χ4v) is 2.75. The summed E-state index contributed by atoms with van der Waals surface area (Å²) in [5.74, 6) is 0. The molecule has 0 saturated carbocycles. The van der Waals surface area contributed by atoms with Crippen LogP contribution in [0.4, 0.5) is 0 Å². The lowest BCUT2D eigenvalue weighted by Crippen LogP contribution is -1.93. The lowest BCUT2D eigenvalue weighted by Gasteiger charge is -2.09. The Hall–Kier alpha value is -2.61. The van der Waals surface area contributed by atoms with Crippen molar-refractivity contribution in [2.75, 3.05) is 0 Å². The summed E-state index contributed by atoms with van der Waals surface area (Å²) in [5, 5.41) is 2.52. The van der Waals surface area contributed by atoms with Gasteiger partial charge in [0.1, 0.15) is 6.33 Å². The van der Waals surface area contributed by atoms with E-state index in [1.54, 1.807) is 0 Å². The smallest absolute Gasteiger partial charge is 0.100 e. The van der Waals surface area contributed by atoms with E-state index in [-0.39, 0.29) is 0 Å². The molecule has 96 valence electrons. The van der Waals surface area contributed by atoms with E-state index >= 15 is 0 Å². The van der Waals surface area contributed by atoms with Gasteiger partial charge in [0.05, 0.1) is 16.7 Å². The molecule has 0 amide bonds. The molecule has 4 rings (SSSR count). The molecule has 0 saturated heterocycles. The van der Waals surface area contributed by atoms with Crippen LogP contribution in [-0.2, 0) is 0 Å². The predicted molar refractivity (Wildman–Crippen MR) is 83.3 cm³/mol. The molecule has 0 radical (unpaired) electrons. The third-order valence-corrected chi connectivity index (χ3v) is 3.73. The highest BCUT2D eigenvalue weighted by molar-refractivity contribution is 5.92. The van der Waals surface area contributed by atoms with Gasteiger partial charge in [-0.2, -0.15) is 0 Å². The summed E-state index contributed by atoms with van der Waals surface area (Å²) in [5.41, 5.74) is 4.62. The molecule has 0 fully saturated rings. The first-order chi connectivity index (χ1) is 9.83. The zero-order chi connectivity index (χ0) is 13.5. The van der Waals surface area contributed by atoms with Crippen molar-refractivity contribution in [2.24, 2.45) is 0 Å². The number of rotatable bonds is 1. The Balaban J connectivity index is 2.07. The zero-order valence-corrected chi connectivity index (χ0v) is 11.2. The maximum Gasteiger partial charge on any atom is 0.100 e. The average molecular weight is 258 g/mol. The Morgan fingerprint density at radius 2 is 1.80 bits per heavy atom. The van der Waals surface area contributed by atoms with Crippen molar-refractivity contribution in [2.45, 2.75) is 6.92 Å². The second-order valence-corrected chi connectivity index (χ2v) is 5.11. The van der Waals surface area contributed by atoms with Crippen LogP contribution in [-0.4, -0.2) is 9.55 Å². The summed E-state index contributed by atoms with van der Waals surface area (Å²) in [4.78, 5) is 4.48. The molecule has 2 nitrogen and oxygen atoms in total. The van der Waals surface area contributed by atoms with Crippen LogP contribution < -0.4 is 0 Å². The summed E-state index contributed by atoms with van der Waals surface area (Å²) in [6, 6.07) is 21.2. The maximum atomic E-state index is 4.48. The molecule has 2 heteroatoms. The highest BCUT2D eigenvalue weighted by Crippen LogP contribution is 2.26. The number of imidazole rings is 1. The lowest BCUT2D eigenvalue weighted by atomic mass is 10.1. The van der Waals surface area contributed by atoms with Crippen molar-refractivity contribution in [1.29, 1.82) is 0 Å². The molecular weight excluding hydrogens is 244 g/mol. The first-order valence-corrected chi connectivity index (χ1v) is 6.75. The van der Waals surface area contributed by atoms with Gasteiger partial charge in [0.2, 0.25) is 0 Å². The zero-order valence-electron chi connectivity index (χ0n) is 11.2. The minimum absolute atomic E-state index is 1.02. The maximum absolute atomic E-state index is 4.48. The summed E-state index contributed by atoms with van der Waals surface area (Å²) in [6.07, 6.45) is 1.90. The monoisotopic (exact) mass is 258 g/mol. The van der Waals surface area contributed by atoms with Gasteiger partial charge in [0.25, 0.3) is 0 Å². The first-order valence-electron chi connectivity index (χ1n) is 6.75. The summed E-state index contributed by atoms with van der Waals surface area (Å²) in [6.45, 7) is 2.12. The molecule has 3 aromatic carbocycles. The van der Waals surface area contributed by atoms with Gasteiger partial charge >= 0.3 is 0 Å². The molecule has 4 aromatic rings. The number of aromatic nitrogens is 2. The topological polar surface area (TPSA) is 17.8 Å². The van der Waals surface area contributed by atoms with Gasteiger partial charge in [-0.05, 0) is 30.5 Å². The average Bonchev–Trinajstić information content (AvgIpc) is 2.90. The summed E-state index contributed by atoms with van der Waals surface area (Å²) < 4.78 is 2.16. The number of para-hydroxylation sites is 2. The van der Waals surface area contributed by atoms with Crippen molar-refractivity contribution in [3.05, 3.63) is 72.6 Å². The molecular formula is C18H14N2. The minimum atomic E-state index is 1.02. The highest BCUT2D eigenvalue weighted by Gasteiger charge is 2.07. The van der Waals surface area contributed by atoms with Crippen LogP contribution in [0.15, 0.2) is 67.0 Å². The van der Waals surface area contributed by atoms with Crippen molar-refractivity contribution >= 4 is 21.8 Å². The minimum Gasteiger partial charge on any atom is -0.298 e. The fourth-order valence-electron chi connectivity index (χ4n) is 2.75.